The van der Waals surface area contributed by atoms with E-state index < -0.39 is 20.4 Å². The summed E-state index contributed by atoms with van der Waals surface area (Å²) in [5.74, 6) is 0. The van der Waals surface area contributed by atoms with Crippen molar-refractivity contribution in [2.45, 2.75) is 0 Å². The molecule has 15 heavy (non-hydrogen) atoms. The first-order valence-corrected chi connectivity index (χ1v) is 5.43. The van der Waals surface area contributed by atoms with Gasteiger partial charge in [0.2, 0.25) is 0 Å². The molecule has 0 bridgehead atoms. The smallest absolute Gasteiger partial charge is 0.780 e. The number of hydrogen-bond acceptors (Lipinski definition) is 6. The van der Waals surface area contributed by atoms with Crippen LogP contribution >= 0.6 is 12.2 Å². The zero-order valence-corrected chi connectivity index (χ0v) is 13.4. The van der Waals surface area contributed by atoms with Crippen LogP contribution in [0.4, 0.5) is 0 Å². The average Bonchev–Trinajstić information content (AvgIpc) is 1.56. The molecule has 0 unspecified atom stereocenters. The summed E-state index contributed by atoms with van der Waals surface area (Å²) in [6.07, 6.45) is 0. The predicted molar refractivity (Wildman–Crippen MR) is 58.4 cm³/mol. The van der Waals surface area contributed by atoms with Crippen molar-refractivity contribution >= 4 is 49.0 Å². The molecule has 0 spiro atoms. The van der Waals surface area contributed by atoms with E-state index >= 15 is 0 Å². The first-order valence-electron chi connectivity index (χ1n) is 1.63. The van der Waals surface area contributed by atoms with Gasteiger partial charge in [0.25, 0.3) is 11.4 Å². The molecule has 0 rings (SSSR count). The molecule has 0 fully saturated rings. The summed E-state index contributed by atoms with van der Waals surface area (Å²) in [4.78, 5) is 0. The molecule has 9 nitrogen and oxygen atoms in total. The van der Waals surface area contributed by atoms with Crippen molar-refractivity contribution in [2.24, 2.45) is 0 Å². The summed E-state index contributed by atoms with van der Waals surface area (Å²) in [6.45, 7) is 0. The van der Waals surface area contributed by atoms with Crippen molar-refractivity contribution in [1.82, 2.24) is 12.3 Å². The number of thiocarbonyl (C=S) groups is 1. The topological polar surface area (TPSA) is 216 Å². The molecule has 0 saturated carbocycles. The molecule has 0 aromatic heterocycles. The van der Waals surface area contributed by atoms with Crippen LogP contribution in [-0.4, -0.2) is 31.8 Å². The Balaban J connectivity index is -0.0000000189. The third-order valence-electron chi connectivity index (χ3n) is 0. The molecule has 0 aromatic carbocycles. The van der Waals surface area contributed by atoms with Crippen molar-refractivity contribution in [3.63, 3.8) is 0 Å². The fraction of sp³-hybridized carbons (Fsp3) is 0. The first-order chi connectivity index (χ1) is 5.15. The van der Waals surface area contributed by atoms with Crippen LogP contribution in [0.15, 0.2) is 0 Å². The van der Waals surface area contributed by atoms with Gasteiger partial charge in [-0.2, -0.15) is 9.37 Å². The Hall–Kier alpha value is 1.08. The van der Waals surface area contributed by atoms with Crippen molar-refractivity contribution in [2.75, 3.05) is 0 Å². The Bertz CT molecular complexity index is 235. The number of rotatable bonds is 0. The molecule has 14 heteroatoms. The first kappa shape index (κ1) is 36.0. The van der Waals surface area contributed by atoms with Crippen LogP contribution < -0.4 is 41.9 Å². The van der Waals surface area contributed by atoms with Crippen molar-refractivity contribution in [3.05, 3.63) is 5.41 Å². The molecule has 0 aliphatic heterocycles. The molecule has 0 aliphatic rings. The van der Waals surface area contributed by atoms with Gasteiger partial charge in [-0.25, -0.2) is 0 Å². The number of quaternary nitrogens is 2. The molecule has 0 amide bonds. The van der Waals surface area contributed by atoms with Gasteiger partial charge < -0.3 is 26.8 Å². The van der Waals surface area contributed by atoms with E-state index in [4.69, 9.17) is 32.0 Å². The van der Waals surface area contributed by atoms with Crippen LogP contribution in [0.5, 0.6) is 0 Å². The Labute approximate surface area is 122 Å². The van der Waals surface area contributed by atoms with Crippen LogP contribution in [-0.2, 0) is 31.6 Å². The third-order valence-corrected chi connectivity index (χ3v) is 0. The van der Waals surface area contributed by atoms with Crippen LogP contribution in [0.25, 0.3) is 5.41 Å². The van der Waals surface area contributed by atoms with E-state index in [2.05, 4.69) is 23.4 Å². The normalized spacial score (nSPS) is 6.73. The summed E-state index contributed by atoms with van der Waals surface area (Å²) in [5, 5.41) is 8.47. The zero-order valence-electron chi connectivity index (χ0n) is 8.11. The zero-order chi connectivity index (χ0) is 10.8. The maximum Gasteiger partial charge on any atom is 1.00 e. The van der Waals surface area contributed by atoms with Gasteiger partial charge >= 0.3 is 29.6 Å². The number of nitrogens with zero attached hydrogens (tertiary/aromatic N) is 1. The second-order valence-corrected chi connectivity index (χ2v) is 3.42. The van der Waals surface area contributed by atoms with Gasteiger partial charge in [-0.05, 0) is 11.2 Å². The largest absolute Gasteiger partial charge is 1.00 e. The number of hydrogen-bond donors (Lipinski definition) is 4. The minimum atomic E-state index is -4.33. The van der Waals surface area contributed by atoms with Gasteiger partial charge in [0.15, 0.2) is 0 Å². The fourth-order valence-corrected chi connectivity index (χ4v) is 0. The SMILES string of the molecule is O=S(O)O.O=S([O-])([O-])=S.[N-]=C=S.[NH4+].[NH4+].[Na+]. The summed E-state index contributed by atoms with van der Waals surface area (Å²) in [5.41, 5.74) is 0. The van der Waals surface area contributed by atoms with E-state index in [0.29, 0.717) is 0 Å². The maximum absolute atomic E-state index is 8.89. The summed E-state index contributed by atoms with van der Waals surface area (Å²) in [6, 6.07) is 0. The van der Waals surface area contributed by atoms with Gasteiger partial charge in [-0.15, -0.1) is 9.05 Å². The monoisotopic (exact) mass is 311 g/mol. The Morgan fingerprint density at radius 2 is 1.33 bits per heavy atom. The molecule has 0 aromatic rings. The Morgan fingerprint density at radius 3 is 1.33 bits per heavy atom. The van der Waals surface area contributed by atoms with Gasteiger partial charge in [-0.1, -0.05) is 12.2 Å². The van der Waals surface area contributed by atoms with Crippen molar-refractivity contribution in [3.8, 4) is 0 Å². The van der Waals surface area contributed by atoms with Gasteiger partial charge in [-0.3, -0.25) is 13.3 Å². The van der Waals surface area contributed by atoms with E-state index in [0.717, 1.165) is 0 Å². The molecule has 0 heterocycles. The predicted octanol–water partition coefficient (Wildman–Crippen LogP) is -2.91. The Kier molecular flexibility index (Phi) is 58.4. The van der Waals surface area contributed by atoms with Crippen LogP contribution in [0.2, 0.25) is 0 Å². The van der Waals surface area contributed by atoms with E-state index in [9.17, 15) is 0 Å². The quantitative estimate of drug-likeness (QED) is 0.157. The Morgan fingerprint density at radius 1 is 1.33 bits per heavy atom. The van der Waals surface area contributed by atoms with Crippen LogP contribution in [0.1, 0.15) is 0 Å². The maximum atomic E-state index is 8.89. The van der Waals surface area contributed by atoms with Crippen LogP contribution in [0, 0.1) is 0 Å². The third kappa shape index (κ3) is 2210. The minimum Gasteiger partial charge on any atom is -0.780 e. The van der Waals surface area contributed by atoms with E-state index in [1.807, 2.05) is 0 Å². The molecular formula is CH10N3NaO6S4. The second-order valence-electron chi connectivity index (χ2n) is 0.730. The summed E-state index contributed by atoms with van der Waals surface area (Å²) >= 11 is 4.33. The van der Waals surface area contributed by atoms with Crippen molar-refractivity contribution < 1.29 is 56.2 Å². The van der Waals surface area contributed by atoms with Gasteiger partial charge in [0.05, 0.1) is 0 Å². The summed E-state index contributed by atoms with van der Waals surface area (Å²) in [7, 11) is -4.33. The molecule has 0 aliphatic carbocycles. The van der Waals surface area contributed by atoms with Gasteiger partial charge in [0.1, 0.15) is 0 Å². The molecule has 0 atom stereocenters. The number of isothiocyanates is 1. The van der Waals surface area contributed by atoms with Crippen LogP contribution in [0.3, 0.4) is 0 Å². The summed E-state index contributed by atoms with van der Waals surface area (Å²) < 4.78 is 49.5. The average molecular weight is 311 g/mol. The fourth-order valence-electron chi connectivity index (χ4n) is 0. The minimum absolute atomic E-state index is 0. The van der Waals surface area contributed by atoms with E-state index in [1.165, 1.54) is 5.16 Å². The van der Waals surface area contributed by atoms with Crippen molar-refractivity contribution in [1.29, 1.82) is 0 Å². The molecule has 10 N–H and O–H groups in total. The molecule has 0 radical (unpaired) electrons. The van der Waals surface area contributed by atoms with Gasteiger partial charge in [0, 0.05) is 0 Å². The van der Waals surface area contributed by atoms with E-state index in [-0.39, 0.29) is 41.9 Å². The van der Waals surface area contributed by atoms with E-state index in [1.54, 1.807) is 0 Å². The molecule has 0 saturated heterocycles. The second kappa shape index (κ2) is 24.4. The standard InChI is InChI=1S/CNS.2H3N.Na.H2O3S2.H2O3S/c2-1-3;;;;1-5(2,3)4;1-4(2)3/h;2*1H3;;(H2,1,2,3,4);(H2,1,2,3)/q-1;;;+1;;. The molecule has 90 valence electrons. The molecular weight excluding hydrogens is 301 g/mol.